The molecule has 23 heavy (non-hydrogen) atoms. The van der Waals surface area contributed by atoms with Crippen molar-refractivity contribution < 1.29 is 9.90 Å². The Kier molecular flexibility index (Phi) is 3.97. The second-order valence-corrected chi connectivity index (χ2v) is 4.91. The predicted molar refractivity (Wildman–Crippen MR) is 86.7 cm³/mol. The predicted octanol–water partition coefficient (Wildman–Crippen LogP) is 3.29. The molecule has 0 aliphatic carbocycles. The fourth-order valence-electron chi connectivity index (χ4n) is 2.16. The summed E-state index contributed by atoms with van der Waals surface area (Å²) in [6.07, 6.45) is 1.70. The Morgan fingerprint density at radius 3 is 2.65 bits per heavy atom. The summed E-state index contributed by atoms with van der Waals surface area (Å²) in [5, 5.41) is 12.2. The first-order valence-corrected chi connectivity index (χ1v) is 6.99. The van der Waals surface area contributed by atoms with Gasteiger partial charge in [-0.1, -0.05) is 12.1 Å². The molecule has 6 nitrogen and oxygen atoms in total. The number of rotatable bonds is 4. The number of benzene rings is 1. The number of aromatic carboxylic acids is 1. The fourth-order valence-corrected chi connectivity index (χ4v) is 2.16. The highest BCUT2D eigenvalue weighted by Gasteiger charge is 2.07. The molecule has 0 unspecified atom stereocenters. The smallest absolute Gasteiger partial charge is 0.335 e. The molecule has 6 heteroatoms. The third kappa shape index (κ3) is 3.49. The first kappa shape index (κ1) is 14.6. The van der Waals surface area contributed by atoms with Crippen LogP contribution in [-0.4, -0.2) is 26.0 Å². The monoisotopic (exact) mass is 306 g/mol. The molecule has 2 N–H and O–H groups in total. The second-order valence-electron chi connectivity index (χ2n) is 4.91. The zero-order valence-corrected chi connectivity index (χ0v) is 12.4. The van der Waals surface area contributed by atoms with Gasteiger partial charge < -0.3 is 10.4 Å². The van der Waals surface area contributed by atoms with E-state index in [2.05, 4.69) is 20.3 Å². The maximum atomic E-state index is 11.0. The minimum atomic E-state index is -0.971. The molecule has 0 aliphatic rings. The Morgan fingerprint density at radius 2 is 1.91 bits per heavy atom. The van der Waals surface area contributed by atoms with Gasteiger partial charge in [-0.3, -0.25) is 4.98 Å². The van der Waals surface area contributed by atoms with Crippen molar-refractivity contribution in [3.63, 3.8) is 0 Å². The van der Waals surface area contributed by atoms with Gasteiger partial charge in [-0.05, 0) is 37.3 Å². The number of carboxylic acid groups (broad SMARTS) is 1. The Balaban J connectivity index is 1.93. The topological polar surface area (TPSA) is 88.0 Å². The third-order valence-electron chi connectivity index (χ3n) is 3.15. The SMILES string of the molecule is Cc1nc(Nc2cccc(C(=O)O)c2)cc(-c2ccccn2)n1. The highest BCUT2D eigenvalue weighted by Crippen LogP contribution is 2.21. The molecular weight excluding hydrogens is 292 g/mol. The minimum absolute atomic E-state index is 0.214. The van der Waals surface area contributed by atoms with E-state index >= 15 is 0 Å². The van der Waals surface area contributed by atoms with Crippen LogP contribution in [0.3, 0.4) is 0 Å². The van der Waals surface area contributed by atoms with Crippen molar-refractivity contribution in [3.8, 4) is 11.4 Å². The molecular formula is C17H14N4O2. The zero-order chi connectivity index (χ0) is 16.2. The molecule has 0 saturated heterocycles. The van der Waals surface area contributed by atoms with Crippen LogP contribution in [0.1, 0.15) is 16.2 Å². The molecule has 0 amide bonds. The first-order chi connectivity index (χ1) is 11.1. The van der Waals surface area contributed by atoms with Gasteiger partial charge in [0.2, 0.25) is 0 Å². The number of anilines is 2. The van der Waals surface area contributed by atoms with Crippen LogP contribution >= 0.6 is 0 Å². The summed E-state index contributed by atoms with van der Waals surface area (Å²) in [6, 6.07) is 13.9. The number of carboxylic acids is 1. The first-order valence-electron chi connectivity index (χ1n) is 6.99. The van der Waals surface area contributed by atoms with Gasteiger partial charge in [-0.15, -0.1) is 0 Å². The lowest BCUT2D eigenvalue weighted by Gasteiger charge is -2.09. The number of carbonyl (C=O) groups is 1. The average molecular weight is 306 g/mol. The summed E-state index contributed by atoms with van der Waals surface area (Å²) >= 11 is 0. The summed E-state index contributed by atoms with van der Waals surface area (Å²) in [5.41, 5.74) is 2.32. The Morgan fingerprint density at radius 1 is 1.04 bits per heavy atom. The van der Waals surface area contributed by atoms with Crippen LogP contribution in [0.4, 0.5) is 11.5 Å². The number of nitrogens with one attached hydrogen (secondary N) is 1. The van der Waals surface area contributed by atoms with Crippen LogP contribution in [0.5, 0.6) is 0 Å². The molecule has 2 aromatic heterocycles. The molecule has 0 aliphatic heterocycles. The van der Waals surface area contributed by atoms with E-state index in [0.29, 0.717) is 23.0 Å². The number of aromatic nitrogens is 3. The largest absolute Gasteiger partial charge is 0.478 e. The van der Waals surface area contributed by atoms with Crippen LogP contribution in [0.15, 0.2) is 54.7 Å². The molecule has 0 saturated carbocycles. The van der Waals surface area contributed by atoms with Crippen molar-refractivity contribution in [3.05, 3.63) is 66.1 Å². The number of pyridine rings is 1. The van der Waals surface area contributed by atoms with Crippen molar-refractivity contribution in [2.45, 2.75) is 6.92 Å². The van der Waals surface area contributed by atoms with Crippen molar-refractivity contribution in [2.75, 3.05) is 5.32 Å². The van der Waals surface area contributed by atoms with Gasteiger partial charge in [0.05, 0.1) is 17.0 Å². The molecule has 3 aromatic rings. The van der Waals surface area contributed by atoms with E-state index in [1.165, 1.54) is 6.07 Å². The van der Waals surface area contributed by atoms with E-state index in [4.69, 9.17) is 5.11 Å². The molecule has 3 rings (SSSR count). The normalized spacial score (nSPS) is 10.3. The number of hydrogen-bond donors (Lipinski definition) is 2. The molecule has 0 radical (unpaired) electrons. The molecule has 114 valence electrons. The van der Waals surface area contributed by atoms with Gasteiger partial charge >= 0.3 is 5.97 Å². The van der Waals surface area contributed by atoms with E-state index in [0.717, 1.165) is 5.69 Å². The van der Waals surface area contributed by atoms with Gasteiger partial charge in [0, 0.05) is 18.0 Å². The van der Waals surface area contributed by atoms with Crippen LogP contribution in [-0.2, 0) is 0 Å². The maximum absolute atomic E-state index is 11.0. The molecule has 1 aromatic carbocycles. The van der Waals surface area contributed by atoms with Crippen LogP contribution < -0.4 is 5.32 Å². The van der Waals surface area contributed by atoms with E-state index in [1.807, 2.05) is 18.2 Å². The molecule has 0 spiro atoms. The molecule has 0 atom stereocenters. The Hall–Kier alpha value is -3.28. The summed E-state index contributed by atoms with van der Waals surface area (Å²) in [6.45, 7) is 1.80. The average Bonchev–Trinajstić information content (AvgIpc) is 2.55. The summed E-state index contributed by atoms with van der Waals surface area (Å²) in [7, 11) is 0. The molecule has 2 heterocycles. The Labute approximate surface area is 132 Å². The summed E-state index contributed by atoms with van der Waals surface area (Å²) in [5.74, 6) is 0.215. The lowest BCUT2D eigenvalue weighted by atomic mass is 10.2. The number of hydrogen-bond acceptors (Lipinski definition) is 5. The van der Waals surface area contributed by atoms with Gasteiger partial charge in [-0.2, -0.15) is 0 Å². The highest BCUT2D eigenvalue weighted by molar-refractivity contribution is 5.89. The standard InChI is InChI=1S/C17H14N4O2/c1-11-19-15(14-7-2-3-8-18-14)10-16(20-11)21-13-6-4-5-12(9-13)17(22)23/h2-10H,1H3,(H,22,23)(H,19,20,21). The van der Waals surface area contributed by atoms with E-state index in [-0.39, 0.29) is 5.56 Å². The van der Waals surface area contributed by atoms with E-state index < -0.39 is 5.97 Å². The van der Waals surface area contributed by atoms with Crippen LogP contribution in [0.25, 0.3) is 11.4 Å². The fraction of sp³-hybridized carbons (Fsp3) is 0.0588. The third-order valence-corrected chi connectivity index (χ3v) is 3.15. The van der Waals surface area contributed by atoms with E-state index in [1.54, 1.807) is 37.4 Å². The van der Waals surface area contributed by atoms with Gasteiger partial charge in [-0.25, -0.2) is 14.8 Å². The van der Waals surface area contributed by atoms with Crippen LogP contribution in [0, 0.1) is 6.92 Å². The lowest BCUT2D eigenvalue weighted by molar-refractivity contribution is 0.0697. The number of nitrogens with zero attached hydrogens (tertiary/aromatic N) is 3. The highest BCUT2D eigenvalue weighted by atomic mass is 16.4. The van der Waals surface area contributed by atoms with E-state index in [9.17, 15) is 4.79 Å². The lowest BCUT2D eigenvalue weighted by Crippen LogP contribution is -2.01. The van der Waals surface area contributed by atoms with Gasteiger partial charge in [0.1, 0.15) is 11.6 Å². The molecule has 0 bridgehead atoms. The molecule has 0 fully saturated rings. The van der Waals surface area contributed by atoms with Crippen molar-refractivity contribution in [1.82, 2.24) is 15.0 Å². The van der Waals surface area contributed by atoms with Gasteiger partial charge in [0.25, 0.3) is 0 Å². The summed E-state index contributed by atoms with van der Waals surface area (Å²) < 4.78 is 0. The van der Waals surface area contributed by atoms with Crippen LogP contribution in [0.2, 0.25) is 0 Å². The van der Waals surface area contributed by atoms with Crippen molar-refractivity contribution in [2.24, 2.45) is 0 Å². The quantitative estimate of drug-likeness (QED) is 0.769. The maximum Gasteiger partial charge on any atom is 0.335 e. The zero-order valence-electron chi connectivity index (χ0n) is 12.4. The number of aryl methyl sites for hydroxylation is 1. The Bertz CT molecular complexity index is 850. The minimum Gasteiger partial charge on any atom is -0.478 e. The van der Waals surface area contributed by atoms with Crippen molar-refractivity contribution >= 4 is 17.5 Å². The van der Waals surface area contributed by atoms with Gasteiger partial charge in [0.15, 0.2) is 0 Å². The summed E-state index contributed by atoms with van der Waals surface area (Å²) in [4.78, 5) is 24.0. The second kappa shape index (κ2) is 6.23. The van der Waals surface area contributed by atoms with Crippen molar-refractivity contribution in [1.29, 1.82) is 0 Å².